The number of nitrogens with one attached hydrogen (secondary N) is 1. The van der Waals surface area contributed by atoms with Gasteiger partial charge in [0, 0.05) is 12.2 Å². The Kier molecular flexibility index (Phi) is 3.94. The molecule has 0 unspecified atom stereocenters. The van der Waals surface area contributed by atoms with Crippen LogP contribution in [0.1, 0.15) is 36.9 Å². The first kappa shape index (κ1) is 12.3. The Labute approximate surface area is 108 Å². The first-order chi connectivity index (χ1) is 8.16. The van der Waals surface area contributed by atoms with Gasteiger partial charge in [0.1, 0.15) is 10.8 Å². The number of hydrogen-bond acceptors (Lipinski definition) is 3. The number of nitrogens with two attached hydrogens (primary N) is 1. The average molecular weight is 249 g/mol. The highest BCUT2D eigenvalue weighted by Gasteiger charge is 2.20. The van der Waals surface area contributed by atoms with Crippen LogP contribution < -0.4 is 11.1 Å². The largest absolute Gasteiger partial charge is 0.389 e. The van der Waals surface area contributed by atoms with Gasteiger partial charge in [0.25, 0.3) is 0 Å². The summed E-state index contributed by atoms with van der Waals surface area (Å²) >= 11 is 5.02. The Morgan fingerprint density at radius 1 is 1.53 bits per heavy atom. The molecule has 0 aromatic carbocycles. The monoisotopic (exact) mass is 249 g/mol. The number of hydrogen-bond donors (Lipinski definition) is 2. The van der Waals surface area contributed by atoms with Gasteiger partial charge in [-0.2, -0.15) is 0 Å². The van der Waals surface area contributed by atoms with Crippen molar-refractivity contribution in [3.8, 4) is 0 Å². The normalized spacial score (nSPS) is 14.6. The zero-order chi connectivity index (χ0) is 12.3. The van der Waals surface area contributed by atoms with Gasteiger partial charge < -0.3 is 11.1 Å². The van der Waals surface area contributed by atoms with E-state index < -0.39 is 0 Å². The van der Waals surface area contributed by atoms with Gasteiger partial charge in [-0.05, 0) is 37.8 Å². The fraction of sp³-hybridized carbons (Fsp3) is 0.538. The lowest BCUT2D eigenvalue weighted by atomic mass is 10.2. The number of pyridine rings is 1. The standard InChI is InChI=1S/C13H19N3S/c1-9-4-7-11(12(14)17)13(16-9)15-8-2-3-10-5-6-10/h4,7,10H,2-3,5-6,8H2,1H3,(H2,14,17)(H,15,16). The van der Waals surface area contributed by atoms with Gasteiger partial charge in [0.2, 0.25) is 0 Å². The minimum absolute atomic E-state index is 0.405. The summed E-state index contributed by atoms with van der Waals surface area (Å²) < 4.78 is 0. The lowest BCUT2D eigenvalue weighted by molar-refractivity contribution is 0.686. The van der Waals surface area contributed by atoms with Gasteiger partial charge in [-0.15, -0.1) is 0 Å². The molecule has 3 N–H and O–H groups in total. The van der Waals surface area contributed by atoms with E-state index in [9.17, 15) is 0 Å². The van der Waals surface area contributed by atoms with Crippen molar-refractivity contribution >= 4 is 23.0 Å². The second-order valence-corrected chi connectivity index (χ2v) is 5.17. The topological polar surface area (TPSA) is 50.9 Å². The van der Waals surface area contributed by atoms with Crippen molar-refractivity contribution < 1.29 is 0 Å². The van der Waals surface area contributed by atoms with Gasteiger partial charge in [-0.3, -0.25) is 0 Å². The molecule has 0 saturated heterocycles. The number of aryl methyl sites for hydroxylation is 1. The quantitative estimate of drug-likeness (QED) is 0.601. The molecule has 0 amide bonds. The molecular formula is C13H19N3S. The van der Waals surface area contributed by atoms with Crippen molar-refractivity contribution in [2.45, 2.75) is 32.6 Å². The molecular weight excluding hydrogens is 230 g/mol. The lowest BCUT2D eigenvalue weighted by Crippen LogP contribution is -2.15. The number of rotatable bonds is 6. The summed E-state index contributed by atoms with van der Waals surface area (Å²) in [5.74, 6) is 1.81. The summed E-state index contributed by atoms with van der Waals surface area (Å²) in [6.45, 7) is 2.92. The molecule has 17 heavy (non-hydrogen) atoms. The summed E-state index contributed by atoms with van der Waals surface area (Å²) in [5, 5.41) is 3.34. The average Bonchev–Trinajstić information content (AvgIpc) is 3.08. The number of thiocarbonyl (C=S) groups is 1. The van der Waals surface area contributed by atoms with Gasteiger partial charge in [-0.1, -0.05) is 25.1 Å². The fourth-order valence-corrected chi connectivity index (χ4v) is 2.06. The molecule has 1 saturated carbocycles. The second-order valence-electron chi connectivity index (χ2n) is 4.73. The molecule has 1 aliphatic rings. The van der Waals surface area contributed by atoms with E-state index in [0.29, 0.717) is 4.99 Å². The van der Waals surface area contributed by atoms with Crippen LogP contribution in [0.15, 0.2) is 12.1 Å². The molecule has 4 heteroatoms. The Bertz CT molecular complexity index is 413. The smallest absolute Gasteiger partial charge is 0.136 e. The van der Waals surface area contributed by atoms with E-state index in [2.05, 4.69) is 10.3 Å². The molecule has 1 heterocycles. The summed E-state index contributed by atoms with van der Waals surface area (Å²) in [4.78, 5) is 4.85. The predicted molar refractivity (Wildman–Crippen MR) is 75.3 cm³/mol. The van der Waals surface area contributed by atoms with Gasteiger partial charge in [0.05, 0.1) is 5.56 Å². The fourth-order valence-electron chi connectivity index (χ4n) is 1.89. The van der Waals surface area contributed by atoms with Crippen LogP contribution in [0.2, 0.25) is 0 Å². The predicted octanol–water partition coefficient (Wildman–Crippen LogP) is 2.63. The maximum atomic E-state index is 5.68. The summed E-state index contributed by atoms with van der Waals surface area (Å²) in [5.41, 5.74) is 7.50. The molecule has 2 rings (SSSR count). The zero-order valence-corrected chi connectivity index (χ0v) is 11.0. The molecule has 1 fully saturated rings. The first-order valence-corrected chi connectivity index (χ1v) is 6.59. The van der Waals surface area contributed by atoms with E-state index in [-0.39, 0.29) is 0 Å². The van der Waals surface area contributed by atoms with Crippen molar-refractivity contribution in [2.75, 3.05) is 11.9 Å². The highest BCUT2D eigenvalue weighted by Crippen LogP contribution is 2.33. The van der Waals surface area contributed by atoms with E-state index in [1.54, 1.807) is 0 Å². The Morgan fingerprint density at radius 2 is 2.29 bits per heavy atom. The van der Waals surface area contributed by atoms with Crippen molar-refractivity contribution in [1.29, 1.82) is 0 Å². The van der Waals surface area contributed by atoms with E-state index in [0.717, 1.165) is 29.5 Å². The molecule has 0 bridgehead atoms. The van der Waals surface area contributed by atoms with E-state index >= 15 is 0 Å². The third-order valence-electron chi connectivity index (χ3n) is 3.08. The Hall–Kier alpha value is -1.16. The molecule has 1 aromatic heterocycles. The first-order valence-electron chi connectivity index (χ1n) is 6.18. The van der Waals surface area contributed by atoms with Gasteiger partial charge in [-0.25, -0.2) is 4.98 Å². The lowest BCUT2D eigenvalue weighted by Gasteiger charge is -2.10. The molecule has 0 spiro atoms. The highest BCUT2D eigenvalue weighted by atomic mass is 32.1. The third kappa shape index (κ3) is 3.66. The summed E-state index contributed by atoms with van der Waals surface area (Å²) in [6.07, 6.45) is 5.35. The van der Waals surface area contributed by atoms with E-state index in [4.69, 9.17) is 18.0 Å². The van der Waals surface area contributed by atoms with Crippen molar-refractivity contribution in [2.24, 2.45) is 11.7 Å². The van der Waals surface area contributed by atoms with Crippen molar-refractivity contribution in [1.82, 2.24) is 4.98 Å². The van der Waals surface area contributed by atoms with E-state index in [1.807, 2.05) is 19.1 Å². The van der Waals surface area contributed by atoms with Crippen LogP contribution in [0.25, 0.3) is 0 Å². The highest BCUT2D eigenvalue weighted by molar-refractivity contribution is 7.80. The van der Waals surface area contributed by atoms with Gasteiger partial charge >= 0.3 is 0 Å². The minimum atomic E-state index is 0.405. The summed E-state index contributed by atoms with van der Waals surface area (Å²) in [6, 6.07) is 3.87. The van der Waals surface area contributed by atoms with E-state index in [1.165, 1.54) is 25.7 Å². The summed E-state index contributed by atoms with van der Waals surface area (Å²) in [7, 11) is 0. The molecule has 0 atom stereocenters. The molecule has 1 aromatic rings. The van der Waals surface area contributed by atoms with Crippen molar-refractivity contribution in [3.63, 3.8) is 0 Å². The minimum Gasteiger partial charge on any atom is -0.389 e. The zero-order valence-electron chi connectivity index (χ0n) is 10.2. The third-order valence-corrected chi connectivity index (χ3v) is 3.30. The number of nitrogens with zero attached hydrogens (tertiary/aromatic N) is 1. The molecule has 0 radical (unpaired) electrons. The number of anilines is 1. The van der Waals surface area contributed by atoms with Crippen molar-refractivity contribution in [3.05, 3.63) is 23.4 Å². The van der Waals surface area contributed by atoms with Crippen LogP contribution in [0, 0.1) is 12.8 Å². The second kappa shape index (κ2) is 5.45. The Morgan fingerprint density at radius 3 is 2.94 bits per heavy atom. The van der Waals surface area contributed by atoms with Gasteiger partial charge in [0.15, 0.2) is 0 Å². The SMILES string of the molecule is Cc1ccc(C(N)=S)c(NCCCC2CC2)n1. The Balaban J connectivity index is 1.92. The van der Waals surface area contributed by atoms with Crippen LogP contribution in [-0.4, -0.2) is 16.5 Å². The maximum Gasteiger partial charge on any atom is 0.136 e. The maximum absolute atomic E-state index is 5.68. The van der Waals surface area contributed by atoms with Crippen LogP contribution in [-0.2, 0) is 0 Å². The van der Waals surface area contributed by atoms with Crippen LogP contribution >= 0.6 is 12.2 Å². The molecule has 3 nitrogen and oxygen atoms in total. The number of aromatic nitrogens is 1. The molecule has 1 aliphatic carbocycles. The van der Waals surface area contributed by atoms with Crippen LogP contribution in [0.4, 0.5) is 5.82 Å². The van der Waals surface area contributed by atoms with Crippen LogP contribution in [0.3, 0.4) is 0 Å². The molecule has 92 valence electrons. The van der Waals surface area contributed by atoms with Crippen LogP contribution in [0.5, 0.6) is 0 Å². The molecule has 0 aliphatic heterocycles.